The largest absolute Gasteiger partial charge is 0.486 e. The summed E-state index contributed by atoms with van der Waals surface area (Å²) in [6.45, 7) is 8.55. The van der Waals surface area contributed by atoms with E-state index < -0.39 is 11.9 Å². The number of allylic oxidation sites excluding steroid dienone is 4. The van der Waals surface area contributed by atoms with Crippen molar-refractivity contribution in [2.24, 2.45) is 10.8 Å². The first-order chi connectivity index (χ1) is 18.7. The zero-order chi connectivity index (χ0) is 29.1. The summed E-state index contributed by atoms with van der Waals surface area (Å²) in [5.74, 6) is -1.16. The van der Waals surface area contributed by atoms with Crippen LogP contribution >= 0.6 is 23.2 Å². The molecule has 6 nitrogen and oxygen atoms in total. The quantitative estimate of drug-likeness (QED) is 0.391. The van der Waals surface area contributed by atoms with Crippen LogP contribution < -0.4 is 4.74 Å². The van der Waals surface area contributed by atoms with Crippen LogP contribution in [0.4, 0.5) is 0 Å². The fourth-order valence-electron chi connectivity index (χ4n) is 6.28. The Kier molecular flexibility index (Phi) is 7.16. The van der Waals surface area contributed by atoms with Crippen LogP contribution in [-0.4, -0.2) is 34.6 Å². The number of Topliss-reactive ketones (excluding diaryl/α,β-unsaturated/α-hetero) is 2. The number of ether oxygens (including phenoxy) is 1. The van der Waals surface area contributed by atoms with Crippen molar-refractivity contribution in [2.75, 3.05) is 7.05 Å². The predicted molar refractivity (Wildman–Crippen MR) is 155 cm³/mol. The van der Waals surface area contributed by atoms with Crippen molar-refractivity contribution in [1.29, 1.82) is 0 Å². The second-order valence-corrected chi connectivity index (χ2v) is 13.5. The number of rotatable bonds is 5. The minimum atomic E-state index is -1.00. The van der Waals surface area contributed by atoms with Crippen LogP contribution in [0.25, 0.3) is 0 Å². The van der Waals surface area contributed by atoms with Crippen molar-refractivity contribution in [3.63, 3.8) is 0 Å². The molecule has 0 bridgehead atoms. The third kappa shape index (κ3) is 5.19. The van der Waals surface area contributed by atoms with Gasteiger partial charge in [0.25, 0.3) is 0 Å². The number of hydrogen-bond donors (Lipinski definition) is 1. The van der Waals surface area contributed by atoms with E-state index in [4.69, 9.17) is 33.0 Å². The minimum Gasteiger partial charge on any atom is -0.486 e. The highest BCUT2D eigenvalue weighted by Crippen LogP contribution is 2.54. The van der Waals surface area contributed by atoms with Gasteiger partial charge in [0.15, 0.2) is 17.3 Å². The molecule has 3 aliphatic rings. The molecular weight excluding hydrogens is 549 g/mol. The number of carboxylic acid groups (broad SMARTS) is 1. The molecule has 0 unspecified atom stereocenters. The number of ketones is 2. The lowest BCUT2D eigenvalue weighted by Gasteiger charge is -2.48. The molecule has 0 amide bonds. The van der Waals surface area contributed by atoms with Gasteiger partial charge in [0.05, 0.1) is 15.6 Å². The topological polar surface area (TPSA) is 83.9 Å². The van der Waals surface area contributed by atoms with Crippen molar-refractivity contribution in [3.8, 4) is 5.75 Å². The van der Waals surface area contributed by atoms with Crippen molar-refractivity contribution < 1.29 is 24.2 Å². The van der Waals surface area contributed by atoms with Crippen LogP contribution in [0.1, 0.15) is 80.8 Å². The van der Waals surface area contributed by atoms with E-state index in [1.807, 2.05) is 7.05 Å². The van der Waals surface area contributed by atoms with E-state index in [2.05, 4.69) is 32.6 Å². The Morgan fingerprint density at radius 3 is 1.82 bits per heavy atom. The predicted octanol–water partition coefficient (Wildman–Crippen LogP) is 7.59. The lowest BCUT2D eigenvalue weighted by molar-refractivity contribution is -0.119. The summed E-state index contributed by atoms with van der Waals surface area (Å²) in [6.07, 6.45) is 2.27. The Balaban J connectivity index is 1.55. The Hall–Kier alpha value is -3.09. The first kappa shape index (κ1) is 28.4. The molecule has 5 rings (SSSR count). The number of benzene rings is 2. The SMILES string of the molecule is CN1C2=C(C(=O)CC(C)(C)C2)C(c2cc(Cl)c(OCc3ccc(C(=O)O)cc3)c(Cl)c2)C2=C1CC(C)(C)CC2=O. The molecule has 0 radical (unpaired) electrons. The molecule has 2 aliphatic carbocycles. The number of carbonyl (C=O) groups is 3. The molecule has 1 aliphatic heterocycles. The van der Waals surface area contributed by atoms with Crippen molar-refractivity contribution in [2.45, 2.75) is 65.9 Å². The third-order valence-corrected chi connectivity index (χ3v) is 8.68. The Morgan fingerprint density at radius 2 is 1.38 bits per heavy atom. The monoisotopic (exact) mass is 581 g/mol. The van der Waals surface area contributed by atoms with Crippen LogP contribution in [0.5, 0.6) is 5.75 Å². The van der Waals surface area contributed by atoms with Gasteiger partial charge in [-0.05, 0) is 59.1 Å². The summed E-state index contributed by atoms with van der Waals surface area (Å²) < 4.78 is 5.95. The first-order valence-corrected chi connectivity index (χ1v) is 14.1. The van der Waals surface area contributed by atoms with E-state index in [9.17, 15) is 14.4 Å². The maximum Gasteiger partial charge on any atom is 0.335 e. The van der Waals surface area contributed by atoms with E-state index in [0.717, 1.165) is 29.8 Å². The summed E-state index contributed by atoms with van der Waals surface area (Å²) in [5.41, 5.74) is 4.52. The average Bonchev–Trinajstić information content (AvgIpc) is 2.83. The highest BCUT2D eigenvalue weighted by molar-refractivity contribution is 6.37. The highest BCUT2D eigenvalue weighted by atomic mass is 35.5. The molecule has 0 aromatic heterocycles. The number of hydrogen-bond acceptors (Lipinski definition) is 5. The van der Waals surface area contributed by atoms with Gasteiger partial charge in [0, 0.05) is 48.3 Å². The lowest BCUT2D eigenvalue weighted by atomic mass is 9.64. The van der Waals surface area contributed by atoms with Gasteiger partial charge < -0.3 is 14.7 Å². The number of nitrogens with zero attached hydrogens (tertiary/aromatic N) is 1. The Bertz CT molecular complexity index is 1420. The average molecular weight is 583 g/mol. The molecule has 0 fully saturated rings. The van der Waals surface area contributed by atoms with Crippen LogP contribution in [0.2, 0.25) is 10.0 Å². The van der Waals surface area contributed by atoms with Crippen molar-refractivity contribution in [3.05, 3.63) is 85.7 Å². The molecule has 2 aromatic carbocycles. The fraction of sp³-hybridized carbons (Fsp3) is 0.406. The summed E-state index contributed by atoms with van der Waals surface area (Å²) in [5, 5.41) is 9.67. The molecule has 0 spiro atoms. The number of halogens is 2. The van der Waals surface area contributed by atoms with E-state index in [1.54, 1.807) is 24.3 Å². The second kappa shape index (κ2) is 10.1. The van der Waals surface area contributed by atoms with Gasteiger partial charge in [0.1, 0.15) is 6.61 Å². The number of carboxylic acids is 1. The van der Waals surface area contributed by atoms with Gasteiger partial charge in [-0.2, -0.15) is 0 Å². The zero-order valence-electron chi connectivity index (χ0n) is 23.4. The molecule has 40 heavy (non-hydrogen) atoms. The number of carbonyl (C=O) groups excluding carboxylic acids is 2. The summed E-state index contributed by atoms with van der Waals surface area (Å²) >= 11 is 13.5. The number of aromatic carboxylic acids is 1. The maximum absolute atomic E-state index is 13.7. The second-order valence-electron chi connectivity index (χ2n) is 12.7. The molecule has 0 atom stereocenters. The summed E-state index contributed by atoms with van der Waals surface area (Å²) in [6, 6.07) is 9.87. The van der Waals surface area contributed by atoms with Gasteiger partial charge in [-0.25, -0.2) is 4.79 Å². The fourth-order valence-corrected chi connectivity index (χ4v) is 6.89. The summed E-state index contributed by atoms with van der Waals surface area (Å²) in [4.78, 5) is 40.6. The molecule has 1 N–H and O–H groups in total. The van der Waals surface area contributed by atoms with Crippen molar-refractivity contribution >= 4 is 40.7 Å². The van der Waals surface area contributed by atoms with E-state index in [-0.39, 0.29) is 50.4 Å². The van der Waals surface area contributed by atoms with E-state index >= 15 is 0 Å². The van der Waals surface area contributed by atoms with Gasteiger partial charge in [-0.3, -0.25) is 9.59 Å². The molecule has 210 valence electrons. The molecule has 0 saturated heterocycles. The van der Waals surface area contributed by atoms with Gasteiger partial charge in [-0.1, -0.05) is 63.0 Å². The van der Waals surface area contributed by atoms with Crippen LogP contribution in [0.3, 0.4) is 0 Å². The molecule has 2 aromatic rings. The standard InChI is InChI=1S/C32H33Cl2NO5/c1-31(2)12-22-27(24(36)14-31)26(28-23(35(22)5)13-32(3,4)15-25(28)37)19-10-20(33)29(21(34)11-19)40-16-17-6-8-18(9-7-17)30(38)39/h6-11,26H,12-16H2,1-5H3,(H,38,39). The first-order valence-electron chi connectivity index (χ1n) is 13.4. The smallest absolute Gasteiger partial charge is 0.335 e. The van der Waals surface area contributed by atoms with Gasteiger partial charge in [-0.15, -0.1) is 0 Å². The highest BCUT2D eigenvalue weighted by Gasteiger charge is 2.48. The van der Waals surface area contributed by atoms with Crippen LogP contribution in [0.15, 0.2) is 58.9 Å². The van der Waals surface area contributed by atoms with Crippen LogP contribution in [0, 0.1) is 10.8 Å². The maximum atomic E-state index is 13.7. The Labute approximate surface area is 244 Å². The van der Waals surface area contributed by atoms with Crippen LogP contribution in [-0.2, 0) is 16.2 Å². The summed E-state index contributed by atoms with van der Waals surface area (Å²) in [7, 11) is 1.98. The third-order valence-electron chi connectivity index (χ3n) is 8.12. The van der Waals surface area contributed by atoms with Gasteiger partial charge >= 0.3 is 5.97 Å². The zero-order valence-corrected chi connectivity index (χ0v) is 24.9. The van der Waals surface area contributed by atoms with E-state index in [0.29, 0.717) is 29.6 Å². The molecular formula is C32H33Cl2NO5. The molecule has 0 saturated carbocycles. The van der Waals surface area contributed by atoms with Gasteiger partial charge in [0.2, 0.25) is 0 Å². The molecule has 8 heteroatoms. The molecule has 1 heterocycles. The van der Waals surface area contributed by atoms with E-state index in [1.165, 1.54) is 12.1 Å². The lowest BCUT2D eigenvalue weighted by Crippen LogP contribution is -2.43. The minimum absolute atomic E-state index is 0.0460. The van der Waals surface area contributed by atoms with Crippen molar-refractivity contribution in [1.82, 2.24) is 4.90 Å². The Morgan fingerprint density at radius 1 is 0.900 bits per heavy atom. The normalized spacial score (nSPS) is 20.4.